The van der Waals surface area contributed by atoms with Crippen LogP contribution >= 0.6 is 11.3 Å². The third kappa shape index (κ3) is 3.50. The molecule has 2 aromatic carbocycles. The van der Waals surface area contributed by atoms with Gasteiger partial charge >= 0.3 is 0 Å². The van der Waals surface area contributed by atoms with Gasteiger partial charge < -0.3 is 10.2 Å². The van der Waals surface area contributed by atoms with Crippen molar-refractivity contribution < 1.29 is 15.0 Å². The maximum atomic E-state index is 12.3. The number of Topliss-reactive ketones (excluding diaryl/α,β-unsaturated/α-hetero) is 1. The third-order valence-corrected chi connectivity index (χ3v) is 4.89. The maximum absolute atomic E-state index is 12.3. The number of carbonyl (C=O) groups is 1. The highest BCUT2D eigenvalue weighted by Gasteiger charge is 2.14. The summed E-state index contributed by atoms with van der Waals surface area (Å²) < 4.78 is 1.19. The summed E-state index contributed by atoms with van der Waals surface area (Å²) in [6, 6.07) is 15.0. The molecule has 0 aliphatic carbocycles. The van der Waals surface area contributed by atoms with Crippen LogP contribution in [0.2, 0.25) is 0 Å². The van der Waals surface area contributed by atoms with E-state index in [9.17, 15) is 15.0 Å². The lowest BCUT2D eigenvalue weighted by molar-refractivity contribution is 0.0937. The first-order valence-electron chi connectivity index (χ1n) is 7.56. The van der Waals surface area contributed by atoms with Gasteiger partial charge in [-0.2, -0.15) is 0 Å². The number of hydrogen-bond acceptors (Lipinski definition) is 4. The summed E-state index contributed by atoms with van der Waals surface area (Å²) >= 11 is 1.67. The Labute approximate surface area is 138 Å². The van der Waals surface area contributed by atoms with Crippen molar-refractivity contribution in [2.45, 2.75) is 25.6 Å². The summed E-state index contributed by atoms with van der Waals surface area (Å²) in [5.41, 5.74) is 2.00. The molecule has 0 spiro atoms. The first kappa shape index (κ1) is 15.9. The van der Waals surface area contributed by atoms with Crippen molar-refractivity contribution in [3.05, 3.63) is 70.6 Å². The van der Waals surface area contributed by atoms with Gasteiger partial charge in [0.2, 0.25) is 0 Å². The zero-order valence-corrected chi connectivity index (χ0v) is 13.4. The molecule has 0 bridgehead atoms. The van der Waals surface area contributed by atoms with Crippen LogP contribution in [-0.2, 0) is 6.61 Å². The Bertz CT molecular complexity index is 822. The summed E-state index contributed by atoms with van der Waals surface area (Å²) in [6.45, 7) is -0.153. The highest BCUT2D eigenvalue weighted by atomic mass is 32.1. The van der Waals surface area contributed by atoms with Crippen LogP contribution in [0.5, 0.6) is 0 Å². The number of aliphatic hydroxyl groups is 2. The molecule has 3 nitrogen and oxygen atoms in total. The average molecular weight is 326 g/mol. The fraction of sp³-hybridized carbons (Fsp3) is 0.211. The second kappa shape index (κ2) is 7.04. The Morgan fingerprint density at radius 2 is 1.96 bits per heavy atom. The predicted octanol–water partition coefficient (Wildman–Crippen LogP) is 4.09. The number of benzene rings is 2. The van der Waals surface area contributed by atoms with Gasteiger partial charge in [-0.25, -0.2) is 0 Å². The summed E-state index contributed by atoms with van der Waals surface area (Å²) in [6.07, 6.45) is -0.0433. The average Bonchev–Trinajstić information content (AvgIpc) is 3.06. The zero-order chi connectivity index (χ0) is 16.2. The monoisotopic (exact) mass is 326 g/mol. The fourth-order valence-corrected chi connectivity index (χ4v) is 3.46. The lowest BCUT2D eigenvalue weighted by atomic mass is 9.97. The van der Waals surface area contributed by atoms with E-state index in [0.717, 1.165) is 10.9 Å². The number of thiophene rings is 1. The Morgan fingerprint density at radius 3 is 2.78 bits per heavy atom. The van der Waals surface area contributed by atoms with E-state index in [-0.39, 0.29) is 18.8 Å². The molecule has 3 aromatic rings. The molecule has 1 atom stereocenters. The van der Waals surface area contributed by atoms with Gasteiger partial charge in [0, 0.05) is 16.7 Å². The van der Waals surface area contributed by atoms with E-state index in [1.54, 1.807) is 35.6 Å². The number of fused-ring (bicyclic) bond motifs is 1. The number of aliphatic hydroxyl groups excluding tert-OH is 2. The molecule has 0 amide bonds. The SMILES string of the molecule is O=C(CCC(O)c1ccc2sccc2c1)c1ccccc1CO. The van der Waals surface area contributed by atoms with Crippen molar-refractivity contribution in [2.24, 2.45) is 0 Å². The zero-order valence-electron chi connectivity index (χ0n) is 12.6. The first-order chi connectivity index (χ1) is 11.2. The first-order valence-corrected chi connectivity index (χ1v) is 8.44. The van der Waals surface area contributed by atoms with Gasteiger partial charge in [0.15, 0.2) is 5.78 Å². The highest BCUT2D eigenvalue weighted by Crippen LogP contribution is 2.27. The van der Waals surface area contributed by atoms with Gasteiger partial charge in [0.25, 0.3) is 0 Å². The van der Waals surface area contributed by atoms with Crippen molar-refractivity contribution in [3.63, 3.8) is 0 Å². The van der Waals surface area contributed by atoms with Crippen molar-refractivity contribution in [1.29, 1.82) is 0 Å². The lowest BCUT2D eigenvalue weighted by Gasteiger charge is -2.12. The van der Waals surface area contributed by atoms with Crippen LogP contribution in [0.3, 0.4) is 0 Å². The molecule has 4 heteroatoms. The molecular formula is C19H18O3S. The predicted molar refractivity (Wildman–Crippen MR) is 92.7 cm³/mol. The number of carbonyl (C=O) groups excluding carboxylic acids is 1. The quantitative estimate of drug-likeness (QED) is 0.671. The normalized spacial score (nSPS) is 12.4. The van der Waals surface area contributed by atoms with Crippen molar-refractivity contribution in [1.82, 2.24) is 0 Å². The fourth-order valence-electron chi connectivity index (χ4n) is 2.69. The van der Waals surface area contributed by atoms with Crippen molar-refractivity contribution in [2.75, 3.05) is 0 Å². The molecule has 1 unspecified atom stereocenters. The minimum atomic E-state index is -0.662. The van der Waals surface area contributed by atoms with E-state index < -0.39 is 6.10 Å². The molecule has 1 heterocycles. The summed E-state index contributed by atoms with van der Waals surface area (Å²) in [5, 5.41) is 22.8. The van der Waals surface area contributed by atoms with Crippen LogP contribution in [-0.4, -0.2) is 16.0 Å². The van der Waals surface area contributed by atoms with Crippen molar-refractivity contribution in [3.8, 4) is 0 Å². The van der Waals surface area contributed by atoms with E-state index in [2.05, 4.69) is 0 Å². The molecule has 0 saturated carbocycles. The van der Waals surface area contributed by atoms with Gasteiger partial charge in [-0.1, -0.05) is 30.3 Å². The molecule has 23 heavy (non-hydrogen) atoms. The number of hydrogen-bond donors (Lipinski definition) is 2. The number of rotatable bonds is 6. The van der Waals surface area contributed by atoms with Crippen LogP contribution in [0.1, 0.15) is 40.4 Å². The molecule has 2 N–H and O–H groups in total. The van der Waals surface area contributed by atoms with E-state index in [4.69, 9.17) is 0 Å². The van der Waals surface area contributed by atoms with Gasteiger partial charge in [-0.3, -0.25) is 4.79 Å². The molecule has 0 radical (unpaired) electrons. The lowest BCUT2D eigenvalue weighted by Crippen LogP contribution is -2.07. The van der Waals surface area contributed by atoms with E-state index in [1.165, 1.54) is 4.70 Å². The van der Waals surface area contributed by atoms with Crippen LogP contribution in [0, 0.1) is 0 Å². The Hall–Kier alpha value is -2.01. The highest BCUT2D eigenvalue weighted by molar-refractivity contribution is 7.17. The molecule has 0 aliphatic heterocycles. The van der Waals surface area contributed by atoms with Crippen LogP contribution in [0.25, 0.3) is 10.1 Å². The molecule has 0 aliphatic rings. The minimum absolute atomic E-state index is 0.0506. The molecule has 0 fully saturated rings. The van der Waals surface area contributed by atoms with Crippen LogP contribution in [0.4, 0.5) is 0 Å². The Morgan fingerprint density at radius 1 is 1.13 bits per heavy atom. The second-order valence-electron chi connectivity index (χ2n) is 5.51. The summed E-state index contributed by atoms with van der Waals surface area (Å²) in [7, 11) is 0. The molecule has 0 saturated heterocycles. The van der Waals surface area contributed by atoms with Gasteiger partial charge in [-0.05, 0) is 46.5 Å². The largest absolute Gasteiger partial charge is 0.392 e. The van der Waals surface area contributed by atoms with Gasteiger partial charge in [0.05, 0.1) is 12.7 Å². The molecule has 118 valence electrons. The van der Waals surface area contributed by atoms with Gasteiger partial charge in [0.1, 0.15) is 0 Å². The minimum Gasteiger partial charge on any atom is -0.392 e. The van der Waals surface area contributed by atoms with Crippen LogP contribution in [0.15, 0.2) is 53.9 Å². The Kier molecular flexibility index (Phi) is 4.86. The summed E-state index contributed by atoms with van der Waals surface area (Å²) in [4.78, 5) is 12.3. The molecule has 1 aromatic heterocycles. The maximum Gasteiger partial charge on any atom is 0.163 e. The van der Waals surface area contributed by atoms with Gasteiger partial charge in [-0.15, -0.1) is 11.3 Å². The Balaban J connectivity index is 1.68. The topological polar surface area (TPSA) is 57.5 Å². The standard InChI is InChI=1S/C19H18O3S/c20-12-15-3-1-2-4-16(15)18(22)7-6-17(21)13-5-8-19-14(11-13)9-10-23-19/h1-5,8-11,17,20-21H,6-7,12H2. The molecular weight excluding hydrogens is 308 g/mol. The molecule has 3 rings (SSSR count). The second-order valence-corrected chi connectivity index (χ2v) is 6.46. The van der Waals surface area contributed by atoms with E-state index in [0.29, 0.717) is 17.5 Å². The smallest absolute Gasteiger partial charge is 0.163 e. The summed E-state index contributed by atoms with van der Waals surface area (Å²) in [5.74, 6) is -0.0506. The van der Waals surface area contributed by atoms with E-state index in [1.807, 2.05) is 29.6 Å². The third-order valence-electron chi connectivity index (χ3n) is 3.99. The van der Waals surface area contributed by atoms with Crippen LogP contribution < -0.4 is 0 Å². The number of ketones is 1. The van der Waals surface area contributed by atoms with Crippen molar-refractivity contribution >= 4 is 27.2 Å². The van der Waals surface area contributed by atoms with E-state index >= 15 is 0 Å².